The zero-order valence-corrected chi connectivity index (χ0v) is 14.1. The molecule has 0 aliphatic heterocycles. The number of benzene rings is 1. The normalized spacial score (nSPS) is 9.36. The number of hydrogen-bond donors (Lipinski definition) is 4. The summed E-state index contributed by atoms with van der Waals surface area (Å²) in [5.41, 5.74) is 5.63. The number of rotatable bonds is 7. The fourth-order valence-electron chi connectivity index (χ4n) is 1.39. The van der Waals surface area contributed by atoms with E-state index >= 15 is 0 Å². The van der Waals surface area contributed by atoms with Crippen LogP contribution in [0.25, 0.3) is 0 Å². The molecule has 9 heteroatoms. The predicted molar refractivity (Wildman–Crippen MR) is 88.8 cm³/mol. The molecule has 5 N–H and O–H groups in total. The Morgan fingerprint density at radius 2 is 1.55 bits per heavy atom. The van der Waals surface area contributed by atoms with Gasteiger partial charge in [-0.2, -0.15) is 0 Å². The molecule has 0 atom stereocenters. The van der Waals surface area contributed by atoms with E-state index in [2.05, 4.69) is 31.9 Å². The minimum absolute atomic E-state index is 0. The second-order valence-electron chi connectivity index (χ2n) is 4.09. The summed E-state index contributed by atoms with van der Waals surface area (Å²) in [5, 5.41) is 7.58. The van der Waals surface area contributed by atoms with Gasteiger partial charge < -0.3 is 21.7 Å². The van der Waals surface area contributed by atoms with Crippen molar-refractivity contribution in [3.05, 3.63) is 34.3 Å². The van der Waals surface area contributed by atoms with Crippen molar-refractivity contribution in [3.63, 3.8) is 0 Å². The van der Waals surface area contributed by atoms with Gasteiger partial charge in [0.05, 0.1) is 13.1 Å². The Hall–Kier alpha value is -1.64. The van der Waals surface area contributed by atoms with Crippen molar-refractivity contribution >= 4 is 46.1 Å². The van der Waals surface area contributed by atoms with Gasteiger partial charge in [-0.1, -0.05) is 15.9 Å². The summed E-state index contributed by atoms with van der Waals surface area (Å²) >= 11 is 3.29. The van der Waals surface area contributed by atoms with Crippen LogP contribution >= 0.6 is 28.3 Å². The summed E-state index contributed by atoms with van der Waals surface area (Å²) in [6, 6.07) is 6.94. The van der Waals surface area contributed by atoms with Crippen LogP contribution < -0.4 is 21.7 Å². The molecule has 7 nitrogen and oxygen atoms in total. The zero-order valence-electron chi connectivity index (χ0n) is 11.7. The lowest BCUT2D eigenvalue weighted by Gasteiger charge is -2.08. The number of amides is 3. The molecule has 0 heterocycles. The Bertz CT molecular complexity index is 511. The lowest BCUT2D eigenvalue weighted by atomic mass is 10.2. The SMILES string of the molecule is Cl.NCC(=O)NCC(=O)NCCNC(=O)c1ccc(Br)cc1. The number of carbonyl (C=O) groups excluding carboxylic acids is 3. The monoisotopic (exact) mass is 392 g/mol. The zero-order chi connectivity index (χ0) is 15.7. The maximum atomic E-state index is 11.7. The molecule has 3 amide bonds. The van der Waals surface area contributed by atoms with Crippen molar-refractivity contribution in [3.8, 4) is 0 Å². The first-order valence-electron chi connectivity index (χ1n) is 6.30. The van der Waals surface area contributed by atoms with Crippen LogP contribution in [0.5, 0.6) is 0 Å². The summed E-state index contributed by atoms with van der Waals surface area (Å²) in [4.78, 5) is 33.9. The number of nitrogens with two attached hydrogens (primary N) is 1. The van der Waals surface area contributed by atoms with E-state index in [9.17, 15) is 14.4 Å². The highest BCUT2D eigenvalue weighted by molar-refractivity contribution is 9.10. The van der Waals surface area contributed by atoms with Gasteiger partial charge in [0, 0.05) is 23.1 Å². The molecule has 0 fully saturated rings. The third-order valence-electron chi connectivity index (χ3n) is 2.47. The van der Waals surface area contributed by atoms with Gasteiger partial charge in [-0.3, -0.25) is 14.4 Å². The van der Waals surface area contributed by atoms with E-state index in [-0.39, 0.29) is 43.9 Å². The molecular weight excluding hydrogens is 376 g/mol. The standard InChI is InChI=1S/C13H17BrN4O3.ClH/c14-10-3-1-9(2-4-10)13(21)17-6-5-16-12(20)8-18-11(19)7-15;/h1-4H,5-8,15H2,(H,16,20)(H,17,21)(H,18,19);1H. The van der Waals surface area contributed by atoms with Gasteiger partial charge in [0.2, 0.25) is 11.8 Å². The first-order chi connectivity index (χ1) is 10.0. The molecule has 0 aliphatic rings. The smallest absolute Gasteiger partial charge is 0.251 e. The number of hydrogen-bond acceptors (Lipinski definition) is 4. The molecule has 22 heavy (non-hydrogen) atoms. The Morgan fingerprint density at radius 3 is 2.14 bits per heavy atom. The van der Waals surface area contributed by atoms with Crippen LogP contribution in [0.3, 0.4) is 0 Å². The average molecular weight is 394 g/mol. The van der Waals surface area contributed by atoms with Crippen molar-refractivity contribution in [2.75, 3.05) is 26.2 Å². The molecule has 1 rings (SSSR count). The highest BCUT2D eigenvalue weighted by atomic mass is 79.9. The summed E-state index contributed by atoms with van der Waals surface area (Å²) in [5.74, 6) is -0.948. The Labute approximate surface area is 142 Å². The van der Waals surface area contributed by atoms with Gasteiger partial charge in [-0.15, -0.1) is 12.4 Å². The third kappa shape index (κ3) is 7.96. The predicted octanol–water partition coefficient (Wildman–Crippen LogP) is -0.208. The van der Waals surface area contributed by atoms with Crippen LogP contribution in [0.4, 0.5) is 0 Å². The van der Waals surface area contributed by atoms with E-state index in [1.165, 1.54) is 0 Å². The minimum atomic E-state index is -0.395. The van der Waals surface area contributed by atoms with Gasteiger partial charge in [0.25, 0.3) is 5.91 Å². The van der Waals surface area contributed by atoms with E-state index in [0.717, 1.165) is 4.47 Å². The number of nitrogens with one attached hydrogen (secondary N) is 3. The maximum absolute atomic E-state index is 11.7. The second kappa shape index (κ2) is 11.0. The van der Waals surface area contributed by atoms with Crippen molar-refractivity contribution in [2.45, 2.75) is 0 Å². The third-order valence-corrected chi connectivity index (χ3v) is 3.00. The van der Waals surface area contributed by atoms with E-state index < -0.39 is 5.91 Å². The largest absolute Gasteiger partial charge is 0.353 e. The fraction of sp³-hybridized carbons (Fsp3) is 0.308. The summed E-state index contributed by atoms with van der Waals surface area (Å²) in [7, 11) is 0. The molecule has 0 unspecified atom stereocenters. The highest BCUT2D eigenvalue weighted by Gasteiger charge is 2.05. The topological polar surface area (TPSA) is 113 Å². The minimum Gasteiger partial charge on any atom is -0.353 e. The van der Waals surface area contributed by atoms with E-state index in [4.69, 9.17) is 5.73 Å². The summed E-state index contributed by atoms with van der Waals surface area (Å²) in [6.07, 6.45) is 0. The highest BCUT2D eigenvalue weighted by Crippen LogP contribution is 2.10. The van der Waals surface area contributed by atoms with Gasteiger partial charge in [-0.05, 0) is 24.3 Å². The average Bonchev–Trinajstić information content (AvgIpc) is 2.49. The second-order valence-corrected chi connectivity index (χ2v) is 5.01. The van der Waals surface area contributed by atoms with Crippen molar-refractivity contribution < 1.29 is 14.4 Å². The van der Waals surface area contributed by atoms with Gasteiger partial charge in [0.15, 0.2) is 0 Å². The van der Waals surface area contributed by atoms with Crippen molar-refractivity contribution in [1.82, 2.24) is 16.0 Å². The molecule has 0 radical (unpaired) electrons. The molecular formula is C13H18BrClN4O3. The van der Waals surface area contributed by atoms with E-state index in [1.807, 2.05) is 0 Å². The quantitative estimate of drug-likeness (QED) is 0.480. The lowest BCUT2D eigenvalue weighted by molar-refractivity contribution is -0.125. The van der Waals surface area contributed by atoms with Gasteiger partial charge in [-0.25, -0.2) is 0 Å². The maximum Gasteiger partial charge on any atom is 0.251 e. The van der Waals surface area contributed by atoms with Crippen LogP contribution in [-0.4, -0.2) is 43.9 Å². The Kier molecular flexibility index (Phi) is 10.2. The van der Waals surface area contributed by atoms with Crippen molar-refractivity contribution in [2.24, 2.45) is 5.73 Å². The molecule has 0 aliphatic carbocycles. The first-order valence-corrected chi connectivity index (χ1v) is 7.09. The summed E-state index contributed by atoms with van der Waals surface area (Å²) < 4.78 is 0.894. The van der Waals surface area contributed by atoms with E-state index in [0.29, 0.717) is 12.1 Å². The molecule has 0 aromatic heterocycles. The Balaban J connectivity index is 0.00000441. The first kappa shape index (κ1) is 20.4. The van der Waals surface area contributed by atoms with Gasteiger partial charge in [0.1, 0.15) is 0 Å². The molecule has 0 bridgehead atoms. The molecule has 122 valence electrons. The molecule has 1 aromatic rings. The van der Waals surface area contributed by atoms with Crippen LogP contribution in [-0.2, 0) is 9.59 Å². The Morgan fingerprint density at radius 1 is 0.955 bits per heavy atom. The molecule has 0 saturated carbocycles. The van der Waals surface area contributed by atoms with Crippen molar-refractivity contribution in [1.29, 1.82) is 0 Å². The summed E-state index contributed by atoms with van der Waals surface area (Å²) in [6.45, 7) is 0.290. The number of carbonyl (C=O) groups is 3. The van der Waals surface area contributed by atoms with Crippen LogP contribution in [0.15, 0.2) is 28.7 Å². The number of halogens is 2. The van der Waals surface area contributed by atoms with E-state index in [1.54, 1.807) is 24.3 Å². The van der Waals surface area contributed by atoms with Crippen LogP contribution in [0.2, 0.25) is 0 Å². The van der Waals surface area contributed by atoms with Crippen LogP contribution in [0.1, 0.15) is 10.4 Å². The molecule has 0 spiro atoms. The lowest BCUT2D eigenvalue weighted by Crippen LogP contribution is -2.41. The molecule has 1 aromatic carbocycles. The van der Waals surface area contributed by atoms with Gasteiger partial charge >= 0.3 is 0 Å². The molecule has 0 saturated heterocycles. The fourth-order valence-corrected chi connectivity index (χ4v) is 1.66. The van der Waals surface area contributed by atoms with Crippen LogP contribution in [0, 0.1) is 0 Å².